The number of hydrogen-bond acceptors (Lipinski definition) is 7. The van der Waals surface area contributed by atoms with E-state index >= 15 is 0 Å². The second kappa shape index (κ2) is 20.9. The molecule has 0 saturated carbocycles. The number of nitrogens with zero attached hydrogens (tertiary/aromatic N) is 3. The molecule has 55 heavy (non-hydrogen) atoms. The smallest absolute Gasteiger partial charge is 0.331 e. The summed E-state index contributed by atoms with van der Waals surface area (Å²) in [6.07, 6.45) is 3.39. The lowest BCUT2D eigenvalue weighted by atomic mass is 10.1. The Morgan fingerprint density at radius 2 is 1.09 bits per heavy atom. The summed E-state index contributed by atoms with van der Waals surface area (Å²) in [5, 5.41) is 33.4. The first kappa shape index (κ1) is 40.7. The normalized spacial score (nSPS) is 11.1. The fourth-order valence-corrected chi connectivity index (χ4v) is 5.25. The molecule has 0 unspecified atom stereocenters. The van der Waals surface area contributed by atoms with Gasteiger partial charge in [0, 0.05) is 73.3 Å². The van der Waals surface area contributed by atoms with E-state index in [0.717, 1.165) is 51.1 Å². The Labute approximate surface area is 319 Å². The number of hydrogen-bond donors (Lipinski definition) is 6. The first-order valence-electron chi connectivity index (χ1n) is 17.6. The van der Waals surface area contributed by atoms with E-state index in [1.54, 1.807) is 24.8 Å². The van der Waals surface area contributed by atoms with E-state index in [0.29, 0.717) is 25.2 Å². The van der Waals surface area contributed by atoms with Crippen molar-refractivity contribution in [2.45, 2.75) is 27.7 Å². The van der Waals surface area contributed by atoms with E-state index in [1.807, 2.05) is 115 Å². The van der Waals surface area contributed by atoms with E-state index in [2.05, 4.69) is 36.3 Å². The van der Waals surface area contributed by atoms with Gasteiger partial charge in [0.05, 0.1) is 22.4 Å². The monoisotopic (exact) mass is 742 g/mol. The standard InChI is InChI=1S/C21H22N4O2.C11H10N2O2.C10H14N2O/c1-15(14-20-18-10-6-7-11-19(18)23-24-20)21(27)25(13-12-22-16(2)26)17-8-4-3-5-9-17;1-7(11(14)15)6-10-8-4-2-3-5-9(8)12-13-10;1-9(13)11-7-8-12-10-5-3-2-4-6-10/h3-11,14H,12-13H2,1-2H3,(H,22,26)(H,23,24);2-6H,1H3,(H,12,13)(H,14,15);2-6,12H,7-8H2,1H3,(H,11,13)/b15-14+;7-6+;. The maximum absolute atomic E-state index is 13.1. The predicted octanol–water partition coefficient (Wildman–Crippen LogP) is 6.42. The SMILES string of the molecule is C/C(=C\c1[nH]nc2ccccc12)C(=O)O.CC(=O)NCCN(C(=O)/C(C)=C/c1[nH]nc2ccccc12)c1ccccc1.CC(=O)NCCNc1ccccc1. The van der Waals surface area contributed by atoms with Gasteiger partial charge in [-0.15, -0.1) is 0 Å². The number of benzene rings is 4. The van der Waals surface area contributed by atoms with Crippen LogP contribution in [-0.2, 0) is 19.2 Å². The van der Waals surface area contributed by atoms with Gasteiger partial charge in [-0.05, 0) is 62.4 Å². The average Bonchev–Trinajstić information content (AvgIpc) is 3.80. The molecule has 0 fully saturated rings. The van der Waals surface area contributed by atoms with Crippen molar-refractivity contribution in [3.63, 3.8) is 0 Å². The highest BCUT2D eigenvalue weighted by molar-refractivity contribution is 6.08. The molecule has 2 aromatic heterocycles. The first-order valence-corrected chi connectivity index (χ1v) is 17.6. The van der Waals surface area contributed by atoms with Gasteiger partial charge in [-0.3, -0.25) is 24.6 Å². The number of rotatable bonds is 12. The Balaban J connectivity index is 0.000000202. The zero-order valence-corrected chi connectivity index (χ0v) is 31.3. The van der Waals surface area contributed by atoms with Crippen LogP contribution in [0.25, 0.3) is 34.0 Å². The molecule has 2 heterocycles. The highest BCUT2D eigenvalue weighted by Gasteiger charge is 2.18. The van der Waals surface area contributed by atoms with Crippen molar-refractivity contribution >= 4 is 69.0 Å². The van der Waals surface area contributed by atoms with Crippen LogP contribution in [-0.4, -0.2) is 75.4 Å². The summed E-state index contributed by atoms with van der Waals surface area (Å²) in [6, 6.07) is 34.6. The number of carbonyl (C=O) groups is 4. The summed E-state index contributed by atoms with van der Waals surface area (Å²) in [5.41, 5.74) is 5.94. The number of fused-ring (bicyclic) bond motifs is 2. The Hall–Kier alpha value is -7.02. The van der Waals surface area contributed by atoms with Gasteiger partial charge in [0.2, 0.25) is 11.8 Å². The molecule has 3 amide bonds. The fraction of sp³-hybridized carbons (Fsp3) is 0.190. The summed E-state index contributed by atoms with van der Waals surface area (Å²) >= 11 is 0. The van der Waals surface area contributed by atoms with Crippen molar-refractivity contribution in [3.8, 4) is 0 Å². The van der Waals surface area contributed by atoms with Gasteiger partial charge >= 0.3 is 5.97 Å². The van der Waals surface area contributed by atoms with Crippen molar-refractivity contribution in [2.75, 3.05) is 36.4 Å². The van der Waals surface area contributed by atoms with Crippen molar-refractivity contribution in [1.29, 1.82) is 0 Å². The average molecular weight is 743 g/mol. The van der Waals surface area contributed by atoms with Crippen LogP contribution in [0.5, 0.6) is 0 Å². The van der Waals surface area contributed by atoms with Crippen LogP contribution in [0.1, 0.15) is 39.1 Å². The summed E-state index contributed by atoms with van der Waals surface area (Å²) in [7, 11) is 0. The first-order chi connectivity index (χ1) is 26.5. The van der Waals surface area contributed by atoms with Gasteiger partial charge in [-0.2, -0.15) is 10.2 Å². The van der Waals surface area contributed by atoms with Gasteiger partial charge in [0.1, 0.15) is 0 Å². The van der Waals surface area contributed by atoms with Gasteiger partial charge in [-0.1, -0.05) is 72.8 Å². The van der Waals surface area contributed by atoms with E-state index in [4.69, 9.17) is 5.11 Å². The minimum absolute atomic E-state index is 0.00913. The highest BCUT2D eigenvalue weighted by Crippen LogP contribution is 2.21. The van der Waals surface area contributed by atoms with E-state index in [-0.39, 0.29) is 23.3 Å². The molecular weight excluding hydrogens is 697 g/mol. The second-order valence-electron chi connectivity index (χ2n) is 12.3. The summed E-state index contributed by atoms with van der Waals surface area (Å²) in [6.45, 7) is 8.50. The Bertz CT molecular complexity index is 2240. The number of amides is 3. The number of aromatic amines is 2. The minimum atomic E-state index is -0.923. The van der Waals surface area contributed by atoms with Crippen LogP contribution < -0.4 is 20.9 Å². The topological polar surface area (TPSA) is 185 Å². The molecule has 284 valence electrons. The predicted molar refractivity (Wildman–Crippen MR) is 218 cm³/mol. The molecule has 0 atom stereocenters. The number of H-pyrrole nitrogens is 2. The molecule has 13 heteroatoms. The number of carboxylic acids is 1. The third-order valence-corrected chi connectivity index (χ3v) is 8.00. The molecule has 6 aromatic rings. The van der Waals surface area contributed by atoms with Gasteiger partial charge in [-0.25, -0.2) is 4.79 Å². The van der Waals surface area contributed by atoms with Crippen molar-refractivity contribution in [1.82, 2.24) is 31.0 Å². The van der Waals surface area contributed by atoms with Crippen molar-refractivity contribution < 1.29 is 24.3 Å². The molecular formula is C42H46N8O5. The molecule has 13 nitrogen and oxygen atoms in total. The van der Waals surface area contributed by atoms with Gasteiger partial charge in [0.15, 0.2) is 0 Å². The molecule has 0 bridgehead atoms. The van der Waals surface area contributed by atoms with Crippen LogP contribution in [0, 0.1) is 0 Å². The molecule has 0 aliphatic carbocycles. The number of anilines is 2. The molecule has 0 saturated heterocycles. The zero-order chi connectivity index (χ0) is 39.6. The Morgan fingerprint density at radius 3 is 1.62 bits per heavy atom. The van der Waals surface area contributed by atoms with Gasteiger partial charge in [0.25, 0.3) is 5.91 Å². The summed E-state index contributed by atoms with van der Waals surface area (Å²) < 4.78 is 0. The van der Waals surface area contributed by atoms with E-state index < -0.39 is 5.97 Å². The summed E-state index contributed by atoms with van der Waals surface area (Å²) in [4.78, 5) is 47.1. The lowest BCUT2D eigenvalue weighted by molar-refractivity contribution is -0.132. The molecule has 4 aromatic carbocycles. The molecule has 0 aliphatic rings. The zero-order valence-electron chi connectivity index (χ0n) is 31.3. The molecule has 6 rings (SSSR count). The Morgan fingerprint density at radius 1 is 0.618 bits per heavy atom. The van der Waals surface area contributed by atoms with Crippen LogP contribution in [0.4, 0.5) is 11.4 Å². The lowest BCUT2D eigenvalue weighted by Crippen LogP contribution is -2.38. The Kier molecular flexibility index (Phi) is 15.5. The fourth-order valence-electron chi connectivity index (χ4n) is 5.25. The largest absolute Gasteiger partial charge is 0.478 e. The van der Waals surface area contributed by atoms with Crippen molar-refractivity contribution in [2.24, 2.45) is 0 Å². The second-order valence-corrected chi connectivity index (χ2v) is 12.3. The number of para-hydroxylation sites is 4. The third-order valence-electron chi connectivity index (χ3n) is 8.00. The molecule has 0 radical (unpaired) electrons. The van der Waals surface area contributed by atoms with E-state index in [9.17, 15) is 19.2 Å². The van der Waals surface area contributed by atoms with Crippen LogP contribution >= 0.6 is 0 Å². The van der Waals surface area contributed by atoms with Crippen LogP contribution in [0.15, 0.2) is 120 Å². The maximum atomic E-state index is 13.1. The van der Waals surface area contributed by atoms with E-state index in [1.165, 1.54) is 13.8 Å². The van der Waals surface area contributed by atoms with Gasteiger partial charge < -0.3 is 26.0 Å². The highest BCUT2D eigenvalue weighted by atomic mass is 16.4. The maximum Gasteiger partial charge on any atom is 0.331 e. The third kappa shape index (κ3) is 12.9. The summed E-state index contributed by atoms with van der Waals surface area (Å²) in [5.74, 6) is -1.15. The number of carbonyl (C=O) groups excluding carboxylic acids is 3. The number of aromatic nitrogens is 4. The number of aliphatic carboxylic acids is 1. The van der Waals surface area contributed by atoms with Crippen LogP contribution in [0.2, 0.25) is 0 Å². The number of carboxylic acid groups (broad SMARTS) is 1. The van der Waals surface area contributed by atoms with Crippen LogP contribution in [0.3, 0.4) is 0 Å². The molecule has 6 N–H and O–H groups in total. The van der Waals surface area contributed by atoms with Crippen molar-refractivity contribution in [3.05, 3.63) is 132 Å². The number of nitrogens with one attached hydrogen (secondary N) is 5. The molecule has 0 spiro atoms. The lowest BCUT2D eigenvalue weighted by Gasteiger charge is -2.23. The quantitative estimate of drug-likeness (QED) is 0.0613. The molecule has 0 aliphatic heterocycles. The minimum Gasteiger partial charge on any atom is -0.478 e.